The number of fused-ring (bicyclic) bond motifs is 1. The summed E-state index contributed by atoms with van der Waals surface area (Å²) < 4.78 is 19.5. The molecule has 1 fully saturated rings. The Balaban J connectivity index is 0.00000180. The van der Waals surface area contributed by atoms with Gasteiger partial charge in [0.1, 0.15) is 22.8 Å². The molecule has 1 saturated heterocycles. The number of rotatable bonds is 5. The fourth-order valence-corrected chi connectivity index (χ4v) is 5.74. The third-order valence-corrected chi connectivity index (χ3v) is 8.00. The number of methoxy groups -OCH3 is 2. The average Bonchev–Trinajstić information content (AvgIpc) is 3.47. The molecule has 2 aromatic heterocycles. The second-order valence-electron chi connectivity index (χ2n) is 10.8. The van der Waals surface area contributed by atoms with E-state index in [1.807, 2.05) is 70.5 Å². The lowest BCUT2D eigenvalue weighted by molar-refractivity contribution is -0.00571. The van der Waals surface area contributed by atoms with Gasteiger partial charge in [-0.1, -0.05) is 19.9 Å². The summed E-state index contributed by atoms with van der Waals surface area (Å²) in [4.78, 5) is 33.2. The third kappa shape index (κ3) is 5.84. The Kier molecular flexibility index (Phi) is 8.52. The summed E-state index contributed by atoms with van der Waals surface area (Å²) in [5.41, 5.74) is 4.81. The molecule has 0 radical (unpaired) electrons. The molecule has 0 unspecified atom stereocenters. The molecule has 4 aromatic rings. The van der Waals surface area contributed by atoms with Gasteiger partial charge in [0.05, 0.1) is 43.7 Å². The lowest BCUT2D eigenvalue weighted by atomic mass is 9.82. The van der Waals surface area contributed by atoms with Crippen molar-refractivity contribution in [3.8, 4) is 39.6 Å². The lowest BCUT2D eigenvalue weighted by Gasteiger charge is -2.44. The Bertz CT molecular complexity index is 1610. The Morgan fingerprint density at radius 3 is 2.23 bits per heavy atom. The monoisotopic (exact) mass is 582 g/mol. The van der Waals surface area contributed by atoms with Gasteiger partial charge >= 0.3 is 0 Å². The number of amides is 1. The standard InChI is InChI=1S/C32H32N4O5.C2H6/c1-20-5-7-25(33-17-20)21-6-8-27-24(13-21)26(37)16-32(41-27)9-11-36(12-10-32)31(38)22-14-28(39-3)30(29(15-22)40-4)23-18-34-35(2)19-23;1-2/h5-8,13-15,17-19H,9-12,16H2,1-4H3;1-2H3. The molecule has 2 aromatic carbocycles. The van der Waals surface area contributed by atoms with Crippen LogP contribution in [0.3, 0.4) is 0 Å². The lowest BCUT2D eigenvalue weighted by Crippen LogP contribution is -2.52. The molecule has 0 N–H and O–H groups in total. The van der Waals surface area contributed by atoms with Crippen LogP contribution in [0.1, 0.15) is 59.4 Å². The van der Waals surface area contributed by atoms with Gasteiger partial charge in [0, 0.05) is 62.1 Å². The molecule has 2 aliphatic heterocycles. The van der Waals surface area contributed by atoms with E-state index in [4.69, 9.17) is 14.2 Å². The topological polar surface area (TPSA) is 95.8 Å². The number of hydrogen-bond acceptors (Lipinski definition) is 7. The van der Waals surface area contributed by atoms with Crippen LogP contribution in [0.5, 0.6) is 17.2 Å². The molecule has 4 heterocycles. The largest absolute Gasteiger partial charge is 0.496 e. The third-order valence-electron chi connectivity index (χ3n) is 8.00. The van der Waals surface area contributed by atoms with Crippen LogP contribution < -0.4 is 14.2 Å². The highest BCUT2D eigenvalue weighted by Gasteiger charge is 2.44. The highest BCUT2D eigenvalue weighted by atomic mass is 16.5. The molecule has 43 heavy (non-hydrogen) atoms. The molecule has 9 heteroatoms. The van der Waals surface area contributed by atoms with Crippen molar-refractivity contribution in [2.75, 3.05) is 27.3 Å². The van der Waals surface area contributed by atoms with Crippen molar-refractivity contribution in [2.45, 2.75) is 45.6 Å². The van der Waals surface area contributed by atoms with Gasteiger partial charge in [-0.15, -0.1) is 0 Å². The number of nitrogens with zero attached hydrogens (tertiary/aromatic N) is 4. The van der Waals surface area contributed by atoms with Crippen LogP contribution in [-0.2, 0) is 7.05 Å². The molecule has 9 nitrogen and oxygen atoms in total. The van der Waals surface area contributed by atoms with Gasteiger partial charge in [-0.2, -0.15) is 5.10 Å². The summed E-state index contributed by atoms with van der Waals surface area (Å²) in [5.74, 6) is 1.60. The van der Waals surface area contributed by atoms with Crippen LogP contribution in [-0.4, -0.2) is 64.3 Å². The number of carbonyl (C=O) groups excluding carboxylic acids is 2. The van der Waals surface area contributed by atoms with E-state index >= 15 is 0 Å². The minimum Gasteiger partial charge on any atom is -0.496 e. The van der Waals surface area contributed by atoms with Crippen LogP contribution in [0.2, 0.25) is 0 Å². The van der Waals surface area contributed by atoms with E-state index in [0.717, 1.165) is 27.9 Å². The summed E-state index contributed by atoms with van der Waals surface area (Å²) in [5, 5.41) is 4.25. The number of aromatic nitrogens is 3. The molecule has 2 aliphatic rings. The average molecular weight is 583 g/mol. The van der Waals surface area contributed by atoms with E-state index in [-0.39, 0.29) is 18.1 Å². The first-order valence-electron chi connectivity index (χ1n) is 14.6. The quantitative estimate of drug-likeness (QED) is 0.279. The minimum atomic E-state index is -0.621. The summed E-state index contributed by atoms with van der Waals surface area (Å²) >= 11 is 0. The van der Waals surface area contributed by atoms with Gasteiger partial charge in [-0.25, -0.2) is 0 Å². The second kappa shape index (κ2) is 12.3. The molecule has 1 spiro atoms. The highest BCUT2D eigenvalue weighted by molar-refractivity contribution is 6.01. The number of aryl methyl sites for hydroxylation is 2. The number of carbonyl (C=O) groups is 2. The first-order valence-corrected chi connectivity index (χ1v) is 14.6. The number of ether oxygens (including phenoxy) is 3. The predicted octanol–water partition coefficient (Wildman–Crippen LogP) is 6.14. The predicted molar refractivity (Wildman–Crippen MR) is 165 cm³/mol. The molecular formula is C34H38N4O5. The van der Waals surface area contributed by atoms with Crippen molar-refractivity contribution in [2.24, 2.45) is 7.05 Å². The van der Waals surface area contributed by atoms with E-state index < -0.39 is 5.60 Å². The number of likely N-dealkylation sites (tertiary alicyclic amines) is 1. The van der Waals surface area contributed by atoms with Crippen molar-refractivity contribution >= 4 is 11.7 Å². The fraction of sp³-hybridized carbons (Fsp3) is 0.353. The Morgan fingerprint density at radius 2 is 1.65 bits per heavy atom. The van der Waals surface area contributed by atoms with Gasteiger partial charge in [0.2, 0.25) is 0 Å². The minimum absolute atomic E-state index is 0.0560. The van der Waals surface area contributed by atoms with Crippen molar-refractivity contribution in [1.82, 2.24) is 19.7 Å². The van der Waals surface area contributed by atoms with E-state index in [1.165, 1.54) is 0 Å². The first-order chi connectivity index (χ1) is 20.8. The van der Waals surface area contributed by atoms with Gasteiger partial charge < -0.3 is 19.1 Å². The van der Waals surface area contributed by atoms with Crippen molar-refractivity contribution < 1.29 is 23.8 Å². The maximum Gasteiger partial charge on any atom is 0.254 e. The smallest absolute Gasteiger partial charge is 0.254 e. The van der Waals surface area contributed by atoms with Crippen LogP contribution in [0.15, 0.2) is 61.1 Å². The normalized spacial score (nSPS) is 15.2. The molecule has 0 bridgehead atoms. The zero-order chi connectivity index (χ0) is 30.7. The number of pyridine rings is 1. The zero-order valence-electron chi connectivity index (χ0n) is 25.6. The van der Waals surface area contributed by atoms with Crippen LogP contribution in [0, 0.1) is 6.92 Å². The van der Waals surface area contributed by atoms with Gasteiger partial charge in [-0.3, -0.25) is 19.3 Å². The Labute approximate surface area is 252 Å². The van der Waals surface area contributed by atoms with Crippen LogP contribution in [0.25, 0.3) is 22.4 Å². The van der Waals surface area contributed by atoms with Gasteiger partial charge in [-0.05, 0) is 48.9 Å². The number of piperidine rings is 1. The summed E-state index contributed by atoms with van der Waals surface area (Å²) in [6, 6.07) is 13.1. The molecular weight excluding hydrogens is 544 g/mol. The Hall–Kier alpha value is -4.66. The van der Waals surface area contributed by atoms with Gasteiger partial charge in [0.15, 0.2) is 5.78 Å². The summed E-state index contributed by atoms with van der Waals surface area (Å²) in [6.45, 7) is 6.94. The zero-order valence-corrected chi connectivity index (χ0v) is 25.6. The molecule has 0 aliphatic carbocycles. The van der Waals surface area contributed by atoms with Gasteiger partial charge in [0.25, 0.3) is 5.91 Å². The number of Topliss-reactive ketones (excluding diaryl/α,β-unsaturated/α-hetero) is 1. The summed E-state index contributed by atoms with van der Waals surface area (Å²) in [6.07, 6.45) is 6.83. The molecule has 6 rings (SSSR count). The highest BCUT2D eigenvalue weighted by Crippen LogP contribution is 2.42. The molecule has 1 amide bonds. The van der Waals surface area contributed by atoms with Crippen LogP contribution >= 0.6 is 0 Å². The molecule has 0 saturated carbocycles. The van der Waals surface area contributed by atoms with E-state index in [1.54, 1.807) is 42.1 Å². The maximum absolute atomic E-state index is 13.6. The molecule has 0 atom stereocenters. The first kappa shape index (κ1) is 29.8. The SMILES string of the molecule is CC.COc1cc(C(=O)N2CCC3(CC2)CC(=O)c2cc(-c4ccc(C)cn4)ccc2O3)cc(OC)c1-c1cnn(C)c1. The van der Waals surface area contributed by atoms with Crippen LogP contribution in [0.4, 0.5) is 0 Å². The number of ketones is 1. The van der Waals surface area contributed by atoms with Crippen molar-refractivity contribution in [3.63, 3.8) is 0 Å². The Morgan fingerprint density at radius 1 is 0.953 bits per heavy atom. The van der Waals surface area contributed by atoms with E-state index in [0.29, 0.717) is 54.3 Å². The second-order valence-corrected chi connectivity index (χ2v) is 10.8. The fourth-order valence-electron chi connectivity index (χ4n) is 5.74. The van der Waals surface area contributed by atoms with E-state index in [9.17, 15) is 9.59 Å². The molecule has 224 valence electrons. The summed E-state index contributed by atoms with van der Waals surface area (Å²) in [7, 11) is 4.98. The number of hydrogen-bond donors (Lipinski definition) is 0. The van der Waals surface area contributed by atoms with E-state index in [2.05, 4.69) is 10.1 Å². The van der Waals surface area contributed by atoms with Crippen molar-refractivity contribution in [3.05, 3.63) is 77.7 Å². The maximum atomic E-state index is 13.6. The van der Waals surface area contributed by atoms with Crippen molar-refractivity contribution in [1.29, 1.82) is 0 Å². The number of benzene rings is 2.